The monoisotopic (exact) mass is 494 g/mol. The number of hydrogen-bond donors (Lipinski definition) is 0. The highest BCUT2D eigenvalue weighted by atomic mass is 32.1. The number of nitro groups is 1. The van der Waals surface area contributed by atoms with Crippen LogP contribution in [0, 0.1) is 10.1 Å². The standard InChI is InChI=1S/C27H18N4O4S/c32-25-24(18-23-12-7-17-28(23)19-13-15-22(16-14-19)31(34)35)26(33)30(21-10-5-2-6-11-21)27(36)29(25)20-8-3-1-4-9-20/h1-18H. The van der Waals surface area contributed by atoms with Gasteiger partial charge in [-0.05, 0) is 66.8 Å². The lowest BCUT2D eigenvalue weighted by Gasteiger charge is -2.36. The molecule has 2 amide bonds. The number of nitro benzene ring substituents is 1. The van der Waals surface area contributed by atoms with Gasteiger partial charge < -0.3 is 4.57 Å². The average molecular weight is 495 g/mol. The molecule has 0 aliphatic carbocycles. The van der Waals surface area contributed by atoms with Crippen LogP contribution in [0.1, 0.15) is 5.69 Å². The summed E-state index contributed by atoms with van der Waals surface area (Å²) in [6, 6.07) is 27.3. The summed E-state index contributed by atoms with van der Waals surface area (Å²) in [6.45, 7) is 0. The van der Waals surface area contributed by atoms with Crippen molar-refractivity contribution in [2.75, 3.05) is 9.80 Å². The van der Waals surface area contributed by atoms with Crippen molar-refractivity contribution in [1.82, 2.24) is 4.57 Å². The number of benzene rings is 3. The van der Waals surface area contributed by atoms with Gasteiger partial charge in [0.2, 0.25) is 0 Å². The van der Waals surface area contributed by atoms with Crippen molar-refractivity contribution < 1.29 is 14.5 Å². The lowest BCUT2D eigenvalue weighted by atomic mass is 10.1. The highest BCUT2D eigenvalue weighted by Gasteiger charge is 2.41. The van der Waals surface area contributed by atoms with E-state index in [9.17, 15) is 19.7 Å². The molecule has 5 rings (SSSR count). The molecule has 0 spiro atoms. The Morgan fingerprint density at radius 1 is 0.694 bits per heavy atom. The van der Waals surface area contributed by atoms with Gasteiger partial charge in [-0.3, -0.25) is 29.5 Å². The zero-order chi connectivity index (χ0) is 25.2. The zero-order valence-electron chi connectivity index (χ0n) is 18.7. The second-order valence-electron chi connectivity index (χ2n) is 7.87. The predicted octanol–water partition coefficient (Wildman–Crippen LogP) is 5.13. The van der Waals surface area contributed by atoms with Gasteiger partial charge in [0.25, 0.3) is 17.5 Å². The van der Waals surface area contributed by atoms with Crippen molar-refractivity contribution in [3.8, 4) is 5.69 Å². The molecular weight excluding hydrogens is 476 g/mol. The van der Waals surface area contributed by atoms with Crippen molar-refractivity contribution in [1.29, 1.82) is 0 Å². The molecule has 0 unspecified atom stereocenters. The van der Waals surface area contributed by atoms with Crippen molar-refractivity contribution >= 4 is 52.3 Å². The van der Waals surface area contributed by atoms with Crippen LogP contribution in [-0.2, 0) is 9.59 Å². The lowest BCUT2D eigenvalue weighted by molar-refractivity contribution is -0.384. The van der Waals surface area contributed by atoms with Crippen molar-refractivity contribution in [2.45, 2.75) is 0 Å². The average Bonchev–Trinajstić information content (AvgIpc) is 3.36. The molecule has 36 heavy (non-hydrogen) atoms. The molecule has 4 aromatic rings. The first-order chi connectivity index (χ1) is 17.5. The van der Waals surface area contributed by atoms with Crippen LogP contribution in [0.4, 0.5) is 17.1 Å². The SMILES string of the molecule is O=C1C(=Cc2cccn2-c2ccc([N+](=O)[O-])cc2)C(=O)N(c2ccccc2)C(=S)N1c1ccccc1. The van der Waals surface area contributed by atoms with E-state index in [0.717, 1.165) is 0 Å². The fourth-order valence-corrected chi connectivity index (χ4v) is 4.35. The molecule has 8 nitrogen and oxygen atoms in total. The van der Waals surface area contributed by atoms with E-state index < -0.39 is 16.7 Å². The molecule has 0 radical (unpaired) electrons. The molecule has 1 fully saturated rings. The summed E-state index contributed by atoms with van der Waals surface area (Å²) in [5.74, 6) is -1.08. The van der Waals surface area contributed by atoms with Crippen LogP contribution in [0.15, 0.2) is 109 Å². The maximum atomic E-state index is 13.7. The number of para-hydroxylation sites is 2. The number of thiocarbonyl (C=S) groups is 1. The number of carbonyl (C=O) groups is 2. The van der Waals surface area contributed by atoms with Crippen molar-refractivity contribution in [2.24, 2.45) is 0 Å². The first kappa shape index (κ1) is 22.9. The number of aromatic nitrogens is 1. The minimum absolute atomic E-state index is 0.0334. The maximum absolute atomic E-state index is 13.7. The summed E-state index contributed by atoms with van der Waals surface area (Å²) < 4.78 is 1.74. The molecule has 0 saturated carbocycles. The number of anilines is 2. The molecule has 0 bridgehead atoms. The first-order valence-electron chi connectivity index (χ1n) is 10.9. The van der Waals surface area contributed by atoms with Crippen LogP contribution in [0.5, 0.6) is 0 Å². The van der Waals surface area contributed by atoms with Crippen molar-refractivity contribution in [3.63, 3.8) is 0 Å². The molecule has 0 atom stereocenters. The molecule has 3 aromatic carbocycles. The molecule has 176 valence electrons. The Labute approximate surface area is 211 Å². The number of amides is 2. The number of carbonyl (C=O) groups excluding carboxylic acids is 2. The Morgan fingerprint density at radius 2 is 1.22 bits per heavy atom. The molecule has 0 N–H and O–H groups in total. The first-order valence-corrected chi connectivity index (χ1v) is 11.3. The molecule has 2 heterocycles. The Bertz CT molecular complexity index is 1450. The fourth-order valence-electron chi connectivity index (χ4n) is 3.97. The van der Waals surface area contributed by atoms with Crippen LogP contribution < -0.4 is 9.80 Å². The highest BCUT2D eigenvalue weighted by molar-refractivity contribution is 7.81. The van der Waals surface area contributed by atoms with Gasteiger partial charge in [-0.15, -0.1) is 0 Å². The summed E-state index contributed by atoms with van der Waals surface area (Å²) in [4.78, 5) is 40.5. The van der Waals surface area contributed by atoms with Crippen LogP contribution >= 0.6 is 12.2 Å². The van der Waals surface area contributed by atoms with E-state index in [1.165, 1.54) is 28.0 Å². The van der Waals surface area contributed by atoms with Gasteiger partial charge in [-0.1, -0.05) is 36.4 Å². The van der Waals surface area contributed by atoms with Crippen LogP contribution in [0.2, 0.25) is 0 Å². The molecule has 1 aliphatic rings. The van der Waals surface area contributed by atoms with E-state index in [0.29, 0.717) is 22.8 Å². The third-order valence-corrected chi connectivity index (χ3v) is 6.05. The third-order valence-electron chi connectivity index (χ3n) is 5.69. The van der Waals surface area contributed by atoms with Gasteiger partial charge in [-0.25, -0.2) is 0 Å². The number of rotatable bonds is 5. The lowest BCUT2D eigenvalue weighted by Crippen LogP contribution is -2.56. The quantitative estimate of drug-likeness (QED) is 0.126. The number of hydrogen-bond acceptors (Lipinski definition) is 5. The minimum Gasteiger partial charge on any atom is -0.317 e. The number of non-ortho nitro benzene ring substituents is 1. The van der Waals surface area contributed by atoms with Crippen LogP contribution in [-0.4, -0.2) is 26.4 Å². The van der Waals surface area contributed by atoms with E-state index in [2.05, 4.69) is 0 Å². The van der Waals surface area contributed by atoms with E-state index in [-0.39, 0.29) is 16.4 Å². The zero-order valence-corrected chi connectivity index (χ0v) is 19.5. The number of nitrogens with zero attached hydrogens (tertiary/aromatic N) is 4. The normalized spacial score (nSPS) is 13.8. The maximum Gasteiger partial charge on any atom is 0.270 e. The fraction of sp³-hybridized carbons (Fsp3) is 0. The van der Waals surface area contributed by atoms with Crippen LogP contribution in [0.3, 0.4) is 0 Å². The second-order valence-corrected chi connectivity index (χ2v) is 8.23. The van der Waals surface area contributed by atoms with Gasteiger partial charge in [0, 0.05) is 29.7 Å². The highest BCUT2D eigenvalue weighted by Crippen LogP contribution is 2.30. The molecule has 1 aliphatic heterocycles. The van der Waals surface area contributed by atoms with E-state index >= 15 is 0 Å². The Balaban J connectivity index is 1.62. The summed E-state index contributed by atoms with van der Waals surface area (Å²) >= 11 is 5.63. The third kappa shape index (κ3) is 4.08. The van der Waals surface area contributed by atoms with E-state index in [4.69, 9.17) is 12.2 Å². The largest absolute Gasteiger partial charge is 0.317 e. The minimum atomic E-state index is -0.542. The summed E-state index contributed by atoms with van der Waals surface area (Å²) in [6.07, 6.45) is 3.26. The Hall–Kier alpha value is -4.89. The van der Waals surface area contributed by atoms with Gasteiger partial charge in [0.05, 0.1) is 16.3 Å². The summed E-state index contributed by atoms with van der Waals surface area (Å²) in [7, 11) is 0. The van der Waals surface area contributed by atoms with E-state index in [1.54, 1.807) is 83.6 Å². The smallest absolute Gasteiger partial charge is 0.270 e. The molecule has 1 saturated heterocycles. The second kappa shape index (κ2) is 9.40. The van der Waals surface area contributed by atoms with Gasteiger partial charge >= 0.3 is 0 Å². The van der Waals surface area contributed by atoms with Gasteiger partial charge in [0.1, 0.15) is 5.57 Å². The summed E-state index contributed by atoms with van der Waals surface area (Å²) in [5, 5.41) is 11.1. The van der Waals surface area contributed by atoms with Crippen molar-refractivity contribution in [3.05, 3.63) is 125 Å². The summed E-state index contributed by atoms with van der Waals surface area (Å²) in [5.41, 5.74) is 2.17. The van der Waals surface area contributed by atoms with Gasteiger partial charge in [-0.2, -0.15) is 0 Å². The molecular formula is C27H18N4O4S. The van der Waals surface area contributed by atoms with E-state index in [1.807, 2.05) is 12.1 Å². The van der Waals surface area contributed by atoms with Crippen LogP contribution in [0.25, 0.3) is 11.8 Å². The molecule has 1 aromatic heterocycles. The Kier molecular flexibility index (Phi) is 5.97. The Morgan fingerprint density at radius 3 is 1.72 bits per heavy atom. The molecule has 9 heteroatoms. The van der Waals surface area contributed by atoms with Gasteiger partial charge in [0.15, 0.2) is 5.11 Å². The predicted molar refractivity (Wildman–Crippen MR) is 141 cm³/mol. The topological polar surface area (TPSA) is 88.7 Å².